The molecule has 0 aliphatic carbocycles. The molecule has 1 saturated heterocycles. The van der Waals surface area contributed by atoms with Crippen molar-refractivity contribution >= 4 is 17.5 Å². The van der Waals surface area contributed by atoms with Gasteiger partial charge in [0.2, 0.25) is 5.91 Å². The Morgan fingerprint density at radius 1 is 1.23 bits per heavy atom. The van der Waals surface area contributed by atoms with Crippen molar-refractivity contribution < 1.29 is 9.59 Å². The number of hydrogen-bond donors (Lipinski definition) is 0. The van der Waals surface area contributed by atoms with Crippen LogP contribution in [0.25, 0.3) is 0 Å². The summed E-state index contributed by atoms with van der Waals surface area (Å²) in [5.74, 6) is 0.484. The number of ketones is 1. The Balaban J connectivity index is 1.92. The van der Waals surface area contributed by atoms with Crippen molar-refractivity contribution in [3.8, 4) is 0 Å². The first-order chi connectivity index (χ1) is 10.6. The molecule has 2 rings (SSSR count). The summed E-state index contributed by atoms with van der Waals surface area (Å²) in [5.41, 5.74) is 0. The molecule has 1 aliphatic rings. The van der Waals surface area contributed by atoms with Crippen LogP contribution < -0.4 is 4.90 Å². The maximum absolute atomic E-state index is 12.6. The number of pyridine rings is 1. The highest BCUT2D eigenvalue weighted by molar-refractivity contribution is 6.00. The third kappa shape index (κ3) is 4.06. The van der Waals surface area contributed by atoms with Crippen LogP contribution in [0.15, 0.2) is 24.4 Å². The van der Waals surface area contributed by atoms with Gasteiger partial charge < -0.3 is 9.80 Å². The topological polar surface area (TPSA) is 53.5 Å². The van der Waals surface area contributed by atoms with Crippen LogP contribution in [-0.2, 0) is 9.59 Å². The van der Waals surface area contributed by atoms with Crippen LogP contribution in [-0.4, -0.2) is 47.8 Å². The molecule has 120 valence electrons. The van der Waals surface area contributed by atoms with Crippen LogP contribution in [0.3, 0.4) is 0 Å². The van der Waals surface area contributed by atoms with E-state index in [1.165, 1.54) is 6.92 Å². The van der Waals surface area contributed by atoms with Gasteiger partial charge in [-0.25, -0.2) is 4.98 Å². The number of unbranched alkanes of at least 4 members (excludes halogenated alkanes) is 1. The van der Waals surface area contributed by atoms with E-state index in [0.29, 0.717) is 19.5 Å². The van der Waals surface area contributed by atoms with Crippen LogP contribution in [0.2, 0.25) is 0 Å². The van der Waals surface area contributed by atoms with E-state index in [-0.39, 0.29) is 11.7 Å². The van der Waals surface area contributed by atoms with Gasteiger partial charge in [0.15, 0.2) is 0 Å². The van der Waals surface area contributed by atoms with Crippen molar-refractivity contribution in [3.05, 3.63) is 24.4 Å². The predicted octanol–water partition coefficient (Wildman–Crippen LogP) is 2.13. The van der Waals surface area contributed by atoms with E-state index in [0.717, 1.165) is 31.7 Å². The molecule has 1 unspecified atom stereocenters. The first-order valence-electron chi connectivity index (χ1n) is 8.08. The van der Waals surface area contributed by atoms with Crippen LogP contribution in [0, 0.1) is 5.92 Å². The van der Waals surface area contributed by atoms with Crippen molar-refractivity contribution in [2.75, 3.05) is 31.1 Å². The second kappa shape index (κ2) is 7.92. The van der Waals surface area contributed by atoms with Gasteiger partial charge in [0.1, 0.15) is 11.6 Å². The fourth-order valence-electron chi connectivity index (χ4n) is 2.83. The molecule has 22 heavy (non-hydrogen) atoms. The van der Waals surface area contributed by atoms with E-state index in [2.05, 4.69) is 16.8 Å². The van der Waals surface area contributed by atoms with E-state index in [4.69, 9.17) is 0 Å². The monoisotopic (exact) mass is 303 g/mol. The summed E-state index contributed by atoms with van der Waals surface area (Å²) < 4.78 is 0. The summed E-state index contributed by atoms with van der Waals surface area (Å²) in [7, 11) is 0. The van der Waals surface area contributed by atoms with Crippen LogP contribution in [0.4, 0.5) is 5.82 Å². The van der Waals surface area contributed by atoms with Crippen molar-refractivity contribution in [2.45, 2.75) is 33.1 Å². The lowest BCUT2D eigenvalue weighted by molar-refractivity contribution is -0.141. The van der Waals surface area contributed by atoms with Gasteiger partial charge in [0.05, 0.1) is 5.92 Å². The standard InChI is InChI=1S/C17H25N3O2/c1-3-4-7-15(14(2)21)17(22)20-12-10-19(11-13-20)16-8-5-6-9-18-16/h5-6,8-9,15H,3-4,7,10-13H2,1-2H3. The zero-order valence-electron chi connectivity index (χ0n) is 13.5. The molecule has 5 heteroatoms. The molecule has 5 nitrogen and oxygen atoms in total. The van der Waals surface area contributed by atoms with Gasteiger partial charge in [0, 0.05) is 32.4 Å². The van der Waals surface area contributed by atoms with E-state index >= 15 is 0 Å². The predicted molar refractivity (Wildman–Crippen MR) is 86.7 cm³/mol. The fourth-order valence-corrected chi connectivity index (χ4v) is 2.83. The quantitative estimate of drug-likeness (QED) is 0.755. The third-order valence-corrected chi connectivity index (χ3v) is 4.20. The molecule has 1 amide bonds. The number of Topliss-reactive ketones (excluding diaryl/α,β-unsaturated/α-hetero) is 1. The number of piperazine rings is 1. The summed E-state index contributed by atoms with van der Waals surface area (Å²) in [6, 6.07) is 5.85. The molecule has 0 saturated carbocycles. The highest BCUT2D eigenvalue weighted by atomic mass is 16.2. The van der Waals surface area contributed by atoms with Crippen LogP contribution >= 0.6 is 0 Å². The van der Waals surface area contributed by atoms with Gasteiger partial charge in [-0.15, -0.1) is 0 Å². The van der Waals surface area contributed by atoms with Gasteiger partial charge in [-0.1, -0.05) is 25.8 Å². The van der Waals surface area contributed by atoms with Crippen molar-refractivity contribution in [1.29, 1.82) is 0 Å². The lowest BCUT2D eigenvalue weighted by Gasteiger charge is -2.36. The molecule has 0 radical (unpaired) electrons. The van der Waals surface area contributed by atoms with Gasteiger partial charge in [-0.3, -0.25) is 9.59 Å². The maximum Gasteiger partial charge on any atom is 0.233 e. The summed E-state index contributed by atoms with van der Waals surface area (Å²) >= 11 is 0. The van der Waals surface area contributed by atoms with E-state index in [9.17, 15) is 9.59 Å². The Kier molecular flexibility index (Phi) is 5.92. The zero-order chi connectivity index (χ0) is 15.9. The van der Waals surface area contributed by atoms with E-state index in [1.54, 1.807) is 6.20 Å². The second-order valence-electron chi connectivity index (χ2n) is 5.81. The maximum atomic E-state index is 12.6. The number of carbonyl (C=O) groups is 2. The SMILES string of the molecule is CCCCC(C(C)=O)C(=O)N1CCN(c2ccccn2)CC1. The smallest absolute Gasteiger partial charge is 0.233 e. The summed E-state index contributed by atoms with van der Waals surface area (Å²) in [6.07, 6.45) is 4.38. The molecule has 2 heterocycles. The first-order valence-corrected chi connectivity index (χ1v) is 8.08. The molecule has 1 aromatic heterocycles. The number of amides is 1. The minimum absolute atomic E-state index is 0.00150. The molecule has 1 aromatic rings. The minimum atomic E-state index is -0.457. The summed E-state index contributed by atoms with van der Waals surface area (Å²) in [6.45, 7) is 6.45. The van der Waals surface area contributed by atoms with Gasteiger partial charge in [-0.2, -0.15) is 0 Å². The molecular weight excluding hydrogens is 278 g/mol. The van der Waals surface area contributed by atoms with E-state index in [1.807, 2.05) is 23.1 Å². The van der Waals surface area contributed by atoms with Gasteiger partial charge >= 0.3 is 0 Å². The highest BCUT2D eigenvalue weighted by Gasteiger charge is 2.30. The largest absolute Gasteiger partial charge is 0.353 e. The lowest BCUT2D eigenvalue weighted by Crippen LogP contribution is -2.51. The molecule has 0 N–H and O–H groups in total. The summed E-state index contributed by atoms with van der Waals surface area (Å²) in [5, 5.41) is 0. The second-order valence-corrected chi connectivity index (χ2v) is 5.81. The van der Waals surface area contributed by atoms with Gasteiger partial charge in [0.25, 0.3) is 0 Å². The molecule has 1 aliphatic heterocycles. The van der Waals surface area contributed by atoms with E-state index < -0.39 is 5.92 Å². The van der Waals surface area contributed by atoms with Crippen molar-refractivity contribution in [3.63, 3.8) is 0 Å². The molecular formula is C17H25N3O2. The lowest BCUT2D eigenvalue weighted by atomic mass is 9.96. The Hall–Kier alpha value is -1.91. The first kappa shape index (κ1) is 16.5. The molecule has 1 atom stereocenters. The Bertz CT molecular complexity index is 496. The van der Waals surface area contributed by atoms with Gasteiger partial charge in [-0.05, 0) is 25.5 Å². The summed E-state index contributed by atoms with van der Waals surface area (Å²) in [4.78, 5) is 32.7. The normalized spacial score (nSPS) is 16.5. The Labute approximate surface area is 132 Å². The minimum Gasteiger partial charge on any atom is -0.353 e. The van der Waals surface area contributed by atoms with Crippen LogP contribution in [0.1, 0.15) is 33.1 Å². The Morgan fingerprint density at radius 2 is 1.95 bits per heavy atom. The number of carbonyl (C=O) groups excluding carboxylic acids is 2. The van der Waals surface area contributed by atoms with Crippen molar-refractivity contribution in [2.24, 2.45) is 5.92 Å². The number of hydrogen-bond acceptors (Lipinski definition) is 4. The zero-order valence-corrected chi connectivity index (χ0v) is 13.5. The van der Waals surface area contributed by atoms with Crippen molar-refractivity contribution in [1.82, 2.24) is 9.88 Å². The third-order valence-electron chi connectivity index (χ3n) is 4.20. The number of aromatic nitrogens is 1. The number of nitrogens with zero attached hydrogens (tertiary/aromatic N) is 3. The molecule has 0 spiro atoms. The molecule has 0 bridgehead atoms. The molecule has 0 aromatic carbocycles. The number of rotatable bonds is 6. The Morgan fingerprint density at radius 3 is 2.50 bits per heavy atom. The average molecular weight is 303 g/mol. The fraction of sp³-hybridized carbons (Fsp3) is 0.588. The van der Waals surface area contributed by atoms with Crippen LogP contribution in [0.5, 0.6) is 0 Å². The highest BCUT2D eigenvalue weighted by Crippen LogP contribution is 2.17. The average Bonchev–Trinajstić information content (AvgIpc) is 2.55. The molecule has 1 fully saturated rings. The number of anilines is 1.